The van der Waals surface area contributed by atoms with Gasteiger partial charge in [-0.2, -0.15) is 0 Å². The number of ether oxygens (including phenoxy) is 3. The van der Waals surface area contributed by atoms with Gasteiger partial charge in [-0.25, -0.2) is 4.79 Å². The van der Waals surface area contributed by atoms with Crippen molar-refractivity contribution in [2.24, 2.45) is 0 Å². The molecule has 1 N–H and O–H groups in total. The number of carboxylic acid groups (broad SMARTS) is 1. The summed E-state index contributed by atoms with van der Waals surface area (Å²) in [7, 11) is 5.49. The molecule has 0 aromatic carbocycles. The fourth-order valence-electron chi connectivity index (χ4n) is 6.07. The van der Waals surface area contributed by atoms with Crippen molar-refractivity contribution in [2.75, 3.05) is 41.0 Å². The first-order valence-electron chi connectivity index (χ1n) is 22.6. The minimum absolute atomic E-state index is 0.0214. The highest BCUT2D eigenvalue weighted by Gasteiger charge is 2.31. The van der Waals surface area contributed by atoms with Gasteiger partial charge in [0.15, 0.2) is 12.1 Å². The summed E-state index contributed by atoms with van der Waals surface area (Å²) in [4.78, 5) is 37.0. The summed E-state index contributed by atoms with van der Waals surface area (Å²) in [5, 5.41) is 9.62. The first kappa shape index (κ1) is 54.5. The number of quaternary nitrogens is 1. The number of carbonyl (C=O) groups excluding carboxylic acids is 2. The Morgan fingerprint density at radius 1 is 0.552 bits per heavy atom. The Balaban J connectivity index is 4.48. The highest BCUT2D eigenvalue weighted by atomic mass is 16.6. The topological polar surface area (TPSA) is 99.1 Å². The average molecular weight is 811 g/mol. The van der Waals surface area contributed by atoms with Gasteiger partial charge >= 0.3 is 17.9 Å². The van der Waals surface area contributed by atoms with E-state index >= 15 is 0 Å². The van der Waals surface area contributed by atoms with Crippen molar-refractivity contribution in [1.82, 2.24) is 0 Å². The molecule has 0 saturated carbocycles. The van der Waals surface area contributed by atoms with Gasteiger partial charge in [0, 0.05) is 19.3 Å². The van der Waals surface area contributed by atoms with E-state index in [0.717, 1.165) is 70.6 Å². The molecule has 0 fully saturated rings. The van der Waals surface area contributed by atoms with Gasteiger partial charge in [0.05, 0.1) is 34.4 Å². The second-order valence-corrected chi connectivity index (χ2v) is 15.9. The molecule has 0 aliphatic heterocycles. The molecule has 0 heterocycles. The highest BCUT2D eigenvalue weighted by molar-refractivity contribution is 5.72. The predicted octanol–water partition coefficient (Wildman–Crippen LogP) is 12.5. The van der Waals surface area contributed by atoms with Crippen molar-refractivity contribution >= 4 is 17.9 Å². The summed E-state index contributed by atoms with van der Waals surface area (Å²) < 4.78 is 17.2. The lowest BCUT2D eigenvalue weighted by molar-refractivity contribution is -0.887. The predicted molar refractivity (Wildman–Crippen MR) is 243 cm³/mol. The van der Waals surface area contributed by atoms with Crippen molar-refractivity contribution in [1.29, 1.82) is 0 Å². The van der Waals surface area contributed by atoms with E-state index in [1.807, 2.05) is 33.3 Å². The number of unbranched alkanes of at least 4 members (excludes halogenated alkanes) is 12. The van der Waals surface area contributed by atoms with Crippen LogP contribution in [0.5, 0.6) is 0 Å². The zero-order chi connectivity index (χ0) is 42.8. The van der Waals surface area contributed by atoms with Crippen LogP contribution in [0, 0.1) is 0 Å². The Kier molecular flexibility index (Phi) is 37.9. The van der Waals surface area contributed by atoms with Crippen LogP contribution in [0.2, 0.25) is 0 Å². The molecule has 0 saturated heterocycles. The van der Waals surface area contributed by atoms with Crippen LogP contribution in [-0.2, 0) is 28.6 Å². The molecular weight excluding hydrogens is 727 g/mol. The molecule has 330 valence electrons. The van der Waals surface area contributed by atoms with Crippen molar-refractivity contribution in [3.05, 3.63) is 85.1 Å². The summed E-state index contributed by atoms with van der Waals surface area (Å²) in [5.41, 5.74) is 0. The molecule has 58 heavy (non-hydrogen) atoms. The summed E-state index contributed by atoms with van der Waals surface area (Å²) in [6, 6.07) is -0.634. The molecule has 0 bridgehead atoms. The Labute approximate surface area is 354 Å². The molecule has 8 nitrogen and oxygen atoms in total. The van der Waals surface area contributed by atoms with Gasteiger partial charge in [-0.3, -0.25) is 9.59 Å². The Morgan fingerprint density at radius 2 is 1.05 bits per heavy atom. The number of esters is 2. The van der Waals surface area contributed by atoms with Gasteiger partial charge < -0.3 is 23.8 Å². The number of likely N-dealkylation sites (N-methyl/N-ethyl adjacent to an activating group) is 1. The Morgan fingerprint density at radius 3 is 1.57 bits per heavy atom. The lowest BCUT2D eigenvalue weighted by atomic mass is 10.1. The van der Waals surface area contributed by atoms with Crippen LogP contribution in [0.3, 0.4) is 0 Å². The zero-order valence-electron chi connectivity index (χ0n) is 37.5. The van der Waals surface area contributed by atoms with Crippen molar-refractivity contribution in [3.8, 4) is 0 Å². The van der Waals surface area contributed by atoms with Crippen LogP contribution in [0.1, 0.15) is 162 Å². The third-order valence-electron chi connectivity index (χ3n) is 9.57. The molecule has 0 aliphatic rings. The SMILES string of the molecule is CC/C=C/C/C=C/C/C=C/C/C=C/C/C=C/CCC(=O)OC(COCCC(C(=O)O)[N+](C)(C)C)COC(=O)CCCCCCC/C=C/C=C/CCCCCCCCC. The van der Waals surface area contributed by atoms with Crippen LogP contribution >= 0.6 is 0 Å². The molecule has 0 spiro atoms. The third-order valence-corrected chi connectivity index (χ3v) is 9.57. The average Bonchev–Trinajstić information content (AvgIpc) is 3.18. The van der Waals surface area contributed by atoms with Crippen LogP contribution in [0.15, 0.2) is 85.1 Å². The lowest BCUT2D eigenvalue weighted by Crippen LogP contribution is -2.50. The first-order chi connectivity index (χ1) is 28.1. The second kappa shape index (κ2) is 40.3. The van der Waals surface area contributed by atoms with Crippen molar-refractivity contribution in [3.63, 3.8) is 0 Å². The summed E-state index contributed by atoms with van der Waals surface area (Å²) in [6.07, 6.45) is 52.1. The number of aliphatic carboxylic acids is 1. The fraction of sp³-hybridized carbons (Fsp3) is 0.660. The monoisotopic (exact) mass is 811 g/mol. The number of allylic oxidation sites excluding steroid dienone is 14. The summed E-state index contributed by atoms with van der Waals surface area (Å²) in [6.45, 7) is 4.50. The molecule has 2 atom stereocenters. The van der Waals surface area contributed by atoms with E-state index in [4.69, 9.17) is 14.2 Å². The third kappa shape index (κ3) is 38.1. The van der Waals surface area contributed by atoms with Gasteiger partial charge in [-0.1, -0.05) is 157 Å². The molecule has 0 aromatic rings. The Hall–Kier alpha value is -3.49. The minimum atomic E-state index is -0.892. The maximum atomic E-state index is 12.7. The molecule has 0 rings (SSSR count). The van der Waals surface area contributed by atoms with E-state index in [9.17, 15) is 19.5 Å². The van der Waals surface area contributed by atoms with E-state index in [0.29, 0.717) is 19.3 Å². The van der Waals surface area contributed by atoms with E-state index in [2.05, 4.69) is 86.8 Å². The summed E-state index contributed by atoms with van der Waals surface area (Å²) in [5.74, 6) is -1.60. The van der Waals surface area contributed by atoms with E-state index in [1.54, 1.807) is 0 Å². The minimum Gasteiger partial charge on any atom is -0.477 e. The number of hydrogen-bond donors (Lipinski definition) is 1. The number of hydrogen-bond acceptors (Lipinski definition) is 6. The zero-order valence-corrected chi connectivity index (χ0v) is 37.5. The van der Waals surface area contributed by atoms with E-state index in [1.165, 1.54) is 51.4 Å². The molecule has 0 radical (unpaired) electrons. The standard InChI is InChI=1S/C50H83NO7/c1-6-8-10-12-14-16-18-20-22-24-25-27-28-30-32-34-36-38-40-48(52)57-45-46(44-56-43-42-47(50(54)55)51(3,4)5)58-49(53)41-39-37-35-33-31-29-26-23-21-19-17-15-13-11-9-7-2/h9,11,15,17,21-25,27,29,31,35,37,46-47H,6-8,10,12-14,16,18-20,26,28,30,32-34,36,38-45H2,1-5H3/p+1/b11-9+,17-15+,23-21+,24-22+,27-25+,31-29+,37-35+. The van der Waals surface area contributed by atoms with E-state index in [-0.39, 0.29) is 36.7 Å². The number of nitrogens with zero attached hydrogens (tertiary/aromatic N) is 1. The smallest absolute Gasteiger partial charge is 0.362 e. The Bertz CT molecular complexity index is 1220. The maximum absolute atomic E-state index is 12.7. The fourth-order valence-corrected chi connectivity index (χ4v) is 6.07. The number of carboxylic acids is 1. The summed E-state index contributed by atoms with van der Waals surface area (Å²) >= 11 is 0. The van der Waals surface area contributed by atoms with Crippen LogP contribution in [0.25, 0.3) is 0 Å². The molecule has 0 aromatic heterocycles. The molecule has 0 amide bonds. The molecule has 2 unspecified atom stereocenters. The van der Waals surface area contributed by atoms with Gasteiger partial charge in [0.1, 0.15) is 6.61 Å². The van der Waals surface area contributed by atoms with Gasteiger partial charge in [0.25, 0.3) is 0 Å². The van der Waals surface area contributed by atoms with Gasteiger partial charge in [-0.05, 0) is 70.6 Å². The van der Waals surface area contributed by atoms with Crippen molar-refractivity contribution in [2.45, 2.75) is 174 Å². The highest BCUT2D eigenvalue weighted by Crippen LogP contribution is 2.12. The molecule has 8 heteroatoms. The van der Waals surface area contributed by atoms with Crippen molar-refractivity contribution < 1.29 is 38.2 Å². The normalized spacial score (nSPS) is 13.7. The van der Waals surface area contributed by atoms with Gasteiger partial charge in [-0.15, -0.1) is 0 Å². The second-order valence-electron chi connectivity index (χ2n) is 15.9. The quantitative estimate of drug-likeness (QED) is 0.0217. The van der Waals surface area contributed by atoms with Gasteiger partial charge in [0.2, 0.25) is 0 Å². The number of carbonyl (C=O) groups is 3. The largest absolute Gasteiger partial charge is 0.477 e. The molecule has 0 aliphatic carbocycles. The maximum Gasteiger partial charge on any atom is 0.362 e. The molecular formula is C50H84NO7+. The van der Waals surface area contributed by atoms with Crippen LogP contribution in [-0.4, -0.2) is 80.6 Å². The van der Waals surface area contributed by atoms with Crippen LogP contribution < -0.4 is 0 Å². The number of rotatable bonds is 39. The first-order valence-corrected chi connectivity index (χ1v) is 22.6. The van der Waals surface area contributed by atoms with Crippen LogP contribution in [0.4, 0.5) is 0 Å². The van der Waals surface area contributed by atoms with E-state index < -0.39 is 24.1 Å². The lowest BCUT2D eigenvalue weighted by Gasteiger charge is -2.31.